The minimum absolute atomic E-state index is 0.474. The molecule has 0 aromatic carbocycles. The molecule has 2 aromatic rings. The maximum Gasteiger partial charge on any atom is 0.231 e. The quantitative estimate of drug-likeness (QED) is 0.734. The van der Waals surface area contributed by atoms with E-state index in [1.807, 2.05) is 6.20 Å². The van der Waals surface area contributed by atoms with E-state index in [4.69, 9.17) is 10.5 Å². The van der Waals surface area contributed by atoms with Gasteiger partial charge in [0, 0.05) is 25.4 Å². The molecular formula is C12H17N7O. The number of fused-ring (bicyclic) bond motifs is 1. The fourth-order valence-electron chi connectivity index (χ4n) is 2.12. The highest BCUT2D eigenvalue weighted by Crippen LogP contribution is 2.26. The van der Waals surface area contributed by atoms with E-state index in [1.54, 1.807) is 18.0 Å². The number of nitrogens with one attached hydrogen (secondary N) is 2. The molecule has 0 unspecified atom stereocenters. The predicted molar refractivity (Wildman–Crippen MR) is 76.0 cm³/mol. The summed E-state index contributed by atoms with van der Waals surface area (Å²) < 4.78 is 6.80. The Balaban J connectivity index is 1.74. The third-order valence-corrected chi connectivity index (χ3v) is 3.12. The number of anilines is 4. The van der Waals surface area contributed by atoms with E-state index in [0.717, 1.165) is 30.0 Å². The van der Waals surface area contributed by atoms with Crippen molar-refractivity contribution in [3.05, 3.63) is 18.0 Å². The Bertz CT molecular complexity index is 610. The number of hydrogen-bond donors (Lipinski definition) is 3. The number of nitrogens with zero attached hydrogens (tertiary/aromatic N) is 4. The molecule has 0 saturated heterocycles. The van der Waals surface area contributed by atoms with Gasteiger partial charge in [-0.25, -0.2) is 0 Å². The molecular weight excluding hydrogens is 258 g/mol. The molecule has 0 atom stereocenters. The normalized spacial score (nSPS) is 13.1. The topological polar surface area (TPSA) is 103 Å². The Kier molecular flexibility index (Phi) is 3.38. The molecule has 0 aliphatic carbocycles. The van der Waals surface area contributed by atoms with Crippen molar-refractivity contribution >= 4 is 23.3 Å². The number of hydrogen-bond acceptors (Lipinski definition) is 7. The molecule has 0 saturated carbocycles. The van der Waals surface area contributed by atoms with Gasteiger partial charge in [-0.3, -0.25) is 4.68 Å². The standard InChI is InChI=1S/C12H17N7O/c1-20-5-4-19-7-8(6-15-19)16-12-17-10(13)9-2-3-14-11(9)18-12/h6-7H,2-5H2,1H3,(H4,13,14,16,17,18). The highest BCUT2D eigenvalue weighted by molar-refractivity contribution is 5.64. The minimum Gasteiger partial charge on any atom is -0.383 e. The van der Waals surface area contributed by atoms with Crippen LogP contribution in [0.4, 0.5) is 23.3 Å². The van der Waals surface area contributed by atoms with Crippen LogP contribution in [-0.2, 0) is 17.7 Å². The van der Waals surface area contributed by atoms with Crippen LogP contribution in [-0.4, -0.2) is 40.0 Å². The van der Waals surface area contributed by atoms with Gasteiger partial charge in [-0.1, -0.05) is 0 Å². The molecule has 0 amide bonds. The molecule has 4 N–H and O–H groups in total. The van der Waals surface area contributed by atoms with E-state index in [0.29, 0.717) is 24.9 Å². The minimum atomic E-state index is 0.474. The van der Waals surface area contributed by atoms with Crippen molar-refractivity contribution < 1.29 is 4.74 Å². The molecule has 8 nitrogen and oxygen atoms in total. The molecule has 0 fully saturated rings. The lowest BCUT2D eigenvalue weighted by atomic mass is 10.2. The van der Waals surface area contributed by atoms with E-state index in [9.17, 15) is 0 Å². The zero-order valence-electron chi connectivity index (χ0n) is 11.3. The van der Waals surface area contributed by atoms with Crippen LogP contribution < -0.4 is 16.4 Å². The third-order valence-electron chi connectivity index (χ3n) is 3.12. The number of nitrogen functional groups attached to an aromatic ring is 1. The van der Waals surface area contributed by atoms with Crippen LogP contribution in [0.15, 0.2) is 12.4 Å². The van der Waals surface area contributed by atoms with Crippen molar-refractivity contribution in [1.82, 2.24) is 19.7 Å². The lowest BCUT2D eigenvalue weighted by Crippen LogP contribution is -2.05. The van der Waals surface area contributed by atoms with Gasteiger partial charge >= 0.3 is 0 Å². The van der Waals surface area contributed by atoms with Crippen LogP contribution in [0.25, 0.3) is 0 Å². The molecule has 0 bridgehead atoms. The maximum absolute atomic E-state index is 5.93. The summed E-state index contributed by atoms with van der Waals surface area (Å²) in [6.45, 7) is 2.17. The molecule has 2 aromatic heterocycles. The van der Waals surface area contributed by atoms with E-state index in [-0.39, 0.29) is 0 Å². The zero-order chi connectivity index (χ0) is 13.9. The average Bonchev–Trinajstić information content (AvgIpc) is 3.05. The van der Waals surface area contributed by atoms with Gasteiger partial charge in [-0.2, -0.15) is 15.1 Å². The molecule has 20 heavy (non-hydrogen) atoms. The van der Waals surface area contributed by atoms with Gasteiger partial charge in [-0.05, 0) is 6.42 Å². The van der Waals surface area contributed by atoms with Gasteiger partial charge in [0.05, 0.1) is 25.0 Å². The Morgan fingerprint density at radius 3 is 3.25 bits per heavy atom. The number of nitrogens with two attached hydrogens (primary N) is 1. The summed E-state index contributed by atoms with van der Waals surface area (Å²) in [5, 5.41) is 10.5. The van der Waals surface area contributed by atoms with Crippen molar-refractivity contribution in [3.8, 4) is 0 Å². The van der Waals surface area contributed by atoms with Crippen LogP contribution in [0.1, 0.15) is 5.56 Å². The maximum atomic E-state index is 5.93. The first-order valence-corrected chi connectivity index (χ1v) is 6.45. The van der Waals surface area contributed by atoms with Crippen LogP contribution in [0.5, 0.6) is 0 Å². The molecule has 0 spiro atoms. The van der Waals surface area contributed by atoms with E-state index < -0.39 is 0 Å². The third kappa shape index (κ3) is 2.50. The predicted octanol–water partition coefficient (Wildman–Crippen LogP) is 0.613. The van der Waals surface area contributed by atoms with E-state index >= 15 is 0 Å². The average molecular weight is 275 g/mol. The van der Waals surface area contributed by atoms with E-state index in [2.05, 4.69) is 25.7 Å². The molecule has 8 heteroatoms. The van der Waals surface area contributed by atoms with Gasteiger partial charge in [0.15, 0.2) is 0 Å². The second kappa shape index (κ2) is 5.33. The SMILES string of the molecule is COCCn1cc(Nc2nc(N)c3c(n2)NCC3)cn1. The van der Waals surface area contributed by atoms with Crippen molar-refractivity contribution in [2.75, 3.05) is 36.6 Å². The number of ether oxygens (including phenoxy) is 1. The molecule has 0 radical (unpaired) electrons. The lowest BCUT2D eigenvalue weighted by Gasteiger charge is -2.06. The van der Waals surface area contributed by atoms with Crippen LogP contribution in [0.3, 0.4) is 0 Å². The van der Waals surface area contributed by atoms with Gasteiger partial charge in [0.2, 0.25) is 5.95 Å². The fourth-order valence-corrected chi connectivity index (χ4v) is 2.12. The smallest absolute Gasteiger partial charge is 0.231 e. The molecule has 1 aliphatic heterocycles. The van der Waals surface area contributed by atoms with E-state index in [1.165, 1.54) is 0 Å². The molecule has 3 heterocycles. The number of methoxy groups -OCH3 is 1. The number of rotatable bonds is 5. The Labute approximate surface area is 116 Å². The molecule has 106 valence electrons. The Morgan fingerprint density at radius 2 is 2.40 bits per heavy atom. The summed E-state index contributed by atoms with van der Waals surface area (Å²) in [7, 11) is 1.66. The Morgan fingerprint density at radius 1 is 1.50 bits per heavy atom. The summed E-state index contributed by atoms with van der Waals surface area (Å²) >= 11 is 0. The highest BCUT2D eigenvalue weighted by Gasteiger charge is 2.17. The largest absolute Gasteiger partial charge is 0.383 e. The second-order valence-corrected chi connectivity index (χ2v) is 4.55. The van der Waals surface area contributed by atoms with Crippen molar-refractivity contribution in [3.63, 3.8) is 0 Å². The molecule has 3 rings (SSSR count). The lowest BCUT2D eigenvalue weighted by molar-refractivity contribution is 0.183. The van der Waals surface area contributed by atoms with Crippen LogP contribution in [0.2, 0.25) is 0 Å². The molecule has 1 aliphatic rings. The van der Waals surface area contributed by atoms with Crippen molar-refractivity contribution in [2.24, 2.45) is 0 Å². The van der Waals surface area contributed by atoms with Crippen LogP contribution >= 0.6 is 0 Å². The first-order valence-electron chi connectivity index (χ1n) is 6.45. The fraction of sp³-hybridized carbons (Fsp3) is 0.417. The summed E-state index contributed by atoms with van der Waals surface area (Å²) in [5.41, 5.74) is 7.74. The van der Waals surface area contributed by atoms with Gasteiger partial charge < -0.3 is 21.1 Å². The number of aromatic nitrogens is 4. The second-order valence-electron chi connectivity index (χ2n) is 4.55. The summed E-state index contributed by atoms with van der Waals surface area (Å²) in [4.78, 5) is 8.67. The van der Waals surface area contributed by atoms with Gasteiger partial charge in [0.25, 0.3) is 0 Å². The van der Waals surface area contributed by atoms with Crippen LogP contribution in [0, 0.1) is 0 Å². The summed E-state index contributed by atoms with van der Waals surface area (Å²) in [6, 6.07) is 0. The van der Waals surface area contributed by atoms with Crippen molar-refractivity contribution in [2.45, 2.75) is 13.0 Å². The highest BCUT2D eigenvalue weighted by atomic mass is 16.5. The summed E-state index contributed by atoms with van der Waals surface area (Å²) in [5.74, 6) is 1.81. The zero-order valence-corrected chi connectivity index (χ0v) is 11.3. The first kappa shape index (κ1) is 12.7. The Hall–Kier alpha value is -2.35. The van der Waals surface area contributed by atoms with Gasteiger partial charge in [-0.15, -0.1) is 0 Å². The van der Waals surface area contributed by atoms with Gasteiger partial charge in [0.1, 0.15) is 11.6 Å². The summed E-state index contributed by atoms with van der Waals surface area (Å²) in [6.07, 6.45) is 4.46. The first-order chi connectivity index (χ1) is 9.76. The monoisotopic (exact) mass is 275 g/mol. The van der Waals surface area contributed by atoms with Crippen molar-refractivity contribution in [1.29, 1.82) is 0 Å².